The van der Waals surface area contributed by atoms with E-state index in [-0.39, 0.29) is 11.9 Å². The molecule has 0 aromatic heterocycles. The molecule has 1 N–H and O–H groups in total. The fraction of sp³-hybridized carbons (Fsp3) is 0.462. The standard InChI is InChI=1S/C13H17ClN2O/c14-7-6-13(17)16-9-8-15-10-12(16)11-4-2-1-3-5-11/h1-5,12,15H,6-10H2. The summed E-state index contributed by atoms with van der Waals surface area (Å²) in [5, 5.41) is 3.33. The molecule has 3 nitrogen and oxygen atoms in total. The zero-order valence-electron chi connectivity index (χ0n) is 9.73. The maximum atomic E-state index is 12.0. The highest BCUT2D eigenvalue weighted by Crippen LogP contribution is 2.22. The normalized spacial score (nSPS) is 20.3. The number of halogens is 1. The average Bonchev–Trinajstić information content (AvgIpc) is 2.40. The minimum atomic E-state index is 0.140. The first-order valence-corrected chi connectivity index (χ1v) is 6.47. The highest BCUT2D eigenvalue weighted by atomic mass is 35.5. The van der Waals surface area contributed by atoms with Gasteiger partial charge < -0.3 is 10.2 Å². The Balaban J connectivity index is 2.15. The number of nitrogens with one attached hydrogen (secondary N) is 1. The number of carbonyl (C=O) groups is 1. The summed E-state index contributed by atoms with van der Waals surface area (Å²) in [7, 11) is 0. The van der Waals surface area contributed by atoms with Crippen molar-refractivity contribution in [2.24, 2.45) is 0 Å². The lowest BCUT2D eigenvalue weighted by molar-refractivity contribution is -0.134. The van der Waals surface area contributed by atoms with Crippen molar-refractivity contribution >= 4 is 17.5 Å². The maximum Gasteiger partial charge on any atom is 0.224 e. The molecule has 0 spiro atoms. The summed E-state index contributed by atoms with van der Waals surface area (Å²) >= 11 is 5.65. The Bertz CT molecular complexity index is 369. The van der Waals surface area contributed by atoms with Crippen LogP contribution < -0.4 is 5.32 Å². The Morgan fingerprint density at radius 1 is 1.41 bits per heavy atom. The van der Waals surface area contributed by atoms with Crippen LogP contribution in [0.25, 0.3) is 0 Å². The first kappa shape index (κ1) is 12.4. The van der Waals surface area contributed by atoms with E-state index in [1.807, 2.05) is 23.1 Å². The van der Waals surface area contributed by atoms with Crippen LogP contribution in [-0.2, 0) is 4.79 Å². The average molecular weight is 253 g/mol. The van der Waals surface area contributed by atoms with Crippen molar-refractivity contribution in [3.8, 4) is 0 Å². The second-order valence-corrected chi connectivity index (χ2v) is 4.53. The molecule has 1 amide bonds. The lowest BCUT2D eigenvalue weighted by atomic mass is 10.0. The summed E-state index contributed by atoms with van der Waals surface area (Å²) in [5.41, 5.74) is 1.18. The van der Waals surface area contributed by atoms with Gasteiger partial charge in [-0.25, -0.2) is 0 Å². The third-order valence-electron chi connectivity index (χ3n) is 3.06. The van der Waals surface area contributed by atoms with Gasteiger partial charge in [-0.1, -0.05) is 30.3 Å². The molecule has 0 bridgehead atoms. The minimum absolute atomic E-state index is 0.140. The molecule has 1 unspecified atom stereocenters. The molecule has 1 aliphatic heterocycles. The zero-order valence-corrected chi connectivity index (χ0v) is 10.5. The number of carbonyl (C=O) groups excluding carboxylic acids is 1. The molecule has 0 aliphatic carbocycles. The van der Waals surface area contributed by atoms with Crippen molar-refractivity contribution in [2.45, 2.75) is 12.5 Å². The molecule has 1 atom stereocenters. The quantitative estimate of drug-likeness (QED) is 0.832. The predicted molar refractivity (Wildman–Crippen MR) is 69.1 cm³/mol. The Hall–Kier alpha value is -1.06. The highest BCUT2D eigenvalue weighted by molar-refractivity contribution is 6.18. The molecular formula is C13H17ClN2O. The van der Waals surface area contributed by atoms with E-state index in [4.69, 9.17) is 11.6 Å². The van der Waals surface area contributed by atoms with Crippen LogP contribution in [0.5, 0.6) is 0 Å². The van der Waals surface area contributed by atoms with Gasteiger partial charge in [-0.15, -0.1) is 11.6 Å². The van der Waals surface area contributed by atoms with Gasteiger partial charge in [0.2, 0.25) is 5.91 Å². The van der Waals surface area contributed by atoms with E-state index in [0.29, 0.717) is 12.3 Å². The lowest BCUT2D eigenvalue weighted by Gasteiger charge is -2.36. The number of rotatable bonds is 3. The van der Waals surface area contributed by atoms with E-state index in [0.717, 1.165) is 19.6 Å². The second-order valence-electron chi connectivity index (χ2n) is 4.16. The van der Waals surface area contributed by atoms with E-state index in [1.54, 1.807) is 0 Å². The monoisotopic (exact) mass is 252 g/mol. The van der Waals surface area contributed by atoms with Crippen LogP contribution >= 0.6 is 11.6 Å². The largest absolute Gasteiger partial charge is 0.333 e. The second kappa shape index (κ2) is 6.03. The summed E-state index contributed by atoms with van der Waals surface area (Å²) < 4.78 is 0. The van der Waals surface area contributed by atoms with Gasteiger partial charge in [0.15, 0.2) is 0 Å². The molecule has 1 aliphatic rings. The van der Waals surface area contributed by atoms with Gasteiger partial charge in [0.1, 0.15) is 0 Å². The summed E-state index contributed by atoms with van der Waals surface area (Å²) in [4.78, 5) is 13.9. The third kappa shape index (κ3) is 2.99. The third-order valence-corrected chi connectivity index (χ3v) is 3.25. The number of alkyl halides is 1. The molecular weight excluding hydrogens is 236 g/mol. The summed E-state index contributed by atoms with van der Waals surface area (Å²) in [6.07, 6.45) is 0.422. The molecule has 17 heavy (non-hydrogen) atoms. The van der Waals surface area contributed by atoms with Crippen molar-refractivity contribution < 1.29 is 4.79 Å². The number of nitrogens with zero attached hydrogens (tertiary/aromatic N) is 1. The molecule has 1 fully saturated rings. The number of piperazine rings is 1. The lowest BCUT2D eigenvalue weighted by Crippen LogP contribution is -2.48. The van der Waals surface area contributed by atoms with Crippen molar-refractivity contribution in [1.82, 2.24) is 10.2 Å². The highest BCUT2D eigenvalue weighted by Gasteiger charge is 2.26. The Kier molecular flexibility index (Phi) is 4.40. The van der Waals surface area contributed by atoms with E-state index in [9.17, 15) is 4.79 Å². The summed E-state index contributed by atoms with van der Waals surface area (Å²) in [6, 6.07) is 10.3. The van der Waals surface area contributed by atoms with Crippen LogP contribution in [-0.4, -0.2) is 36.3 Å². The van der Waals surface area contributed by atoms with Crippen molar-refractivity contribution in [3.05, 3.63) is 35.9 Å². The molecule has 0 radical (unpaired) electrons. The molecule has 2 rings (SSSR count). The molecule has 92 valence electrons. The van der Waals surface area contributed by atoms with Crippen LogP contribution in [0.1, 0.15) is 18.0 Å². The molecule has 1 saturated heterocycles. The van der Waals surface area contributed by atoms with Gasteiger partial charge in [-0.2, -0.15) is 0 Å². The fourth-order valence-electron chi connectivity index (χ4n) is 2.20. The maximum absolute atomic E-state index is 12.0. The molecule has 1 aromatic carbocycles. The van der Waals surface area contributed by atoms with Crippen molar-refractivity contribution in [2.75, 3.05) is 25.5 Å². The molecule has 1 heterocycles. The van der Waals surface area contributed by atoms with Gasteiger partial charge in [0.25, 0.3) is 0 Å². The van der Waals surface area contributed by atoms with E-state index < -0.39 is 0 Å². The van der Waals surface area contributed by atoms with Crippen LogP contribution in [0.2, 0.25) is 0 Å². The molecule has 0 saturated carbocycles. The van der Waals surface area contributed by atoms with Gasteiger partial charge in [0.05, 0.1) is 6.04 Å². The first-order chi connectivity index (χ1) is 8.33. The van der Waals surface area contributed by atoms with Crippen LogP contribution in [0.15, 0.2) is 30.3 Å². The number of benzene rings is 1. The summed E-state index contributed by atoms with van der Waals surface area (Å²) in [5.74, 6) is 0.542. The van der Waals surface area contributed by atoms with Gasteiger partial charge >= 0.3 is 0 Å². The van der Waals surface area contributed by atoms with E-state index in [1.165, 1.54) is 5.56 Å². The Morgan fingerprint density at radius 3 is 2.88 bits per heavy atom. The van der Waals surface area contributed by atoms with E-state index in [2.05, 4.69) is 17.4 Å². The van der Waals surface area contributed by atoms with E-state index >= 15 is 0 Å². The van der Waals surface area contributed by atoms with Crippen LogP contribution in [0.3, 0.4) is 0 Å². The molecule has 4 heteroatoms. The van der Waals surface area contributed by atoms with Gasteiger partial charge in [0, 0.05) is 31.9 Å². The van der Waals surface area contributed by atoms with Crippen molar-refractivity contribution in [1.29, 1.82) is 0 Å². The SMILES string of the molecule is O=C(CCCl)N1CCNCC1c1ccccc1. The minimum Gasteiger partial charge on any atom is -0.333 e. The fourth-order valence-corrected chi connectivity index (χ4v) is 2.36. The topological polar surface area (TPSA) is 32.3 Å². The molecule has 1 aromatic rings. The predicted octanol–water partition coefficient (Wildman–Crippen LogP) is 1.79. The van der Waals surface area contributed by atoms with Crippen LogP contribution in [0.4, 0.5) is 0 Å². The Labute approximate surface area is 107 Å². The smallest absolute Gasteiger partial charge is 0.224 e. The zero-order chi connectivity index (χ0) is 12.1. The van der Waals surface area contributed by atoms with Gasteiger partial charge in [-0.05, 0) is 5.56 Å². The number of hydrogen-bond donors (Lipinski definition) is 1. The summed E-state index contributed by atoms with van der Waals surface area (Å²) in [6.45, 7) is 2.44. The van der Waals surface area contributed by atoms with Crippen molar-refractivity contribution in [3.63, 3.8) is 0 Å². The van der Waals surface area contributed by atoms with Gasteiger partial charge in [-0.3, -0.25) is 4.79 Å². The van der Waals surface area contributed by atoms with Crippen LogP contribution in [0, 0.1) is 0 Å². The number of hydrogen-bond acceptors (Lipinski definition) is 2. The first-order valence-electron chi connectivity index (χ1n) is 5.94. The number of amides is 1. The Morgan fingerprint density at radius 2 is 2.18 bits per heavy atom.